The Morgan fingerprint density at radius 1 is 1.12 bits per heavy atom. The lowest BCUT2D eigenvalue weighted by molar-refractivity contribution is -0.136. The molecule has 8 heteroatoms. The Labute approximate surface area is 194 Å². The van der Waals surface area contributed by atoms with Gasteiger partial charge in [-0.1, -0.05) is 11.8 Å². The van der Waals surface area contributed by atoms with Crippen LogP contribution >= 0.6 is 0 Å². The molecular weight excluding hydrogens is 420 g/mol. The number of nitrogens with zero attached hydrogens (tertiary/aromatic N) is 1. The van der Waals surface area contributed by atoms with Gasteiger partial charge in [-0.15, -0.1) is 0 Å². The van der Waals surface area contributed by atoms with Gasteiger partial charge in [-0.05, 0) is 55.9 Å². The Balaban J connectivity index is 1.19. The molecule has 0 radical (unpaired) electrons. The molecule has 2 fully saturated rings. The maximum Gasteiger partial charge on any atom is 0.255 e. The molecule has 3 aliphatic rings. The van der Waals surface area contributed by atoms with E-state index in [1.54, 1.807) is 11.0 Å². The second-order valence-electron chi connectivity index (χ2n) is 9.00. The minimum absolute atomic E-state index is 0.169. The molecule has 0 aromatic heterocycles. The number of piperidine rings is 1. The number of fused-ring (bicyclic) bond motifs is 1. The van der Waals surface area contributed by atoms with E-state index in [0.717, 1.165) is 43.4 Å². The van der Waals surface area contributed by atoms with Gasteiger partial charge in [0.2, 0.25) is 11.8 Å². The number of carbonyl (C=O) groups is 3. The zero-order valence-corrected chi connectivity index (χ0v) is 18.9. The topological polar surface area (TPSA) is 114 Å². The number of ether oxygens (including phenoxy) is 1. The molecule has 1 atom stereocenters. The van der Waals surface area contributed by atoms with Crippen LogP contribution in [0.3, 0.4) is 0 Å². The summed E-state index contributed by atoms with van der Waals surface area (Å²) < 4.78 is 5.67. The minimum Gasteiger partial charge on any atom is -0.379 e. The number of nitrogens with two attached hydrogens (primary N) is 1. The molecule has 4 rings (SSSR count). The second-order valence-corrected chi connectivity index (χ2v) is 9.00. The van der Waals surface area contributed by atoms with Crippen molar-refractivity contribution in [1.82, 2.24) is 15.5 Å². The summed E-state index contributed by atoms with van der Waals surface area (Å²) >= 11 is 0. The molecule has 3 amide bonds. The number of amides is 3. The molecule has 2 heterocycles. The highest BCUT2D eigenvalue weighted by Crippen LogP contribution is 2.28. The predicted octanol–water partition coefficient (Wildman–Crippen LogP) is 1.07. The second kappa shape index (κ2) is 10.9. The van der Waals surface area contributed by atoms with E-state index in [9.17, 15) is 14.4 Å². The molecular formula is C25H32N4O4. The van der Waals surface area contributed by atoms with Crippen molar-refractivity contribution in [2.45, 2.75) is 69.6 Å². The smallest absolute Gasteiger partial charge is 0.255 e. The molecule has 1 aliphatic carbocycles. The molecule has 1 saturated heterocycles. The third kappa shape index (κ3) is 5.99. The quantitative estimate of drug-likeness (QED) is 0.324. The van der Waals surface area contributed by atoms with Crippen LogP contribution in [0.5, 0.6) is 0 Å². The van der Waals surface area contributed by atoms with Gasteiger partial charge in [0.25, 0.3) is 5.91 Å². The largest absolute Gasteiger partial charge is 0.379 e. The highest BCUT2D eigenvalue weighted by molar-refractivity contribution is 6.05. The van der Waals surface area contributed by atoms with E-state index in [1.807, 2.05) is 12.1 Å². The first kappa shape index (κ1) is 23.4. The maximum absolute atomic E-state index is 12.7. The molecule has 33 heavy (non-hydrogen) atoms. The van der Waals surface area contributed by atoms with Gasteiger partial charge in [0, 0.05) is 49.1 Å². The van der Waals surface area contributed by atoms with Crippen molar-refractivity contribution >= 4 is 17.7 Å². The summed E-state index contributed by atoms with van der Waals surface area (Å²) in [6.45, 7) is 2.45. The van der Waals surface area contributed by atoms with Gasteiger partial charge in [-0.2, -0.15) is 0 Å². The summed E-state index contributed by atoms with van der Waals surface area (Å²) in [5.41, 5.74) is 8.23. The van der Waals surface area contributed by atoms with E-state index in [4.69, 9.17) is 10.5 Å². The van der Waals surface area contributed by atoms with E-state index in [1.165, 1.54) is 0 Å². The standard InChI is InChI=1S/C25H32N4O4/c26-19-5-7-20(8-6-19)27-12-14-33-13-2-1-3-17-4-9-21-18(15-17)16-29(25(21)32)22-10-11-23(30)28-24(22)31/h4,9,15,19-20,22,27H,2,5-8,10-14,16,26H2,(H,28,30,31). The number of benzene rings is 1. The fourth-order valence-corrected chi connectivity index (χ4v) is 4.70. The third-order valence-electron chi connectivity index (χ3n) is 6.58. The Kier molecular flexibility index (Phi) is 7.76. The number of hydrogen-bond acceptors (Lipinski definition) is 6. The molecule has 8 nitrogen and oxygen atoms in total. The Bertz CT molecular complexity index is 959. The summed E-state index contributed by atoms with van der Waals surface area (Å²) in [6.07, 6.45) is 5.73. The lowest BCUT2D eigenvalue weighted by Gasteiger charge is -2.29. The van der Waals surface area contributed by atoms with Crippen molar-refractivity contribution in [1.29, 1.82) is 0 Å². The highest BCUT2D eigenvalue weighted by atomic mass is 16.5. The maximum atomic E-state index is 12.7. The van der Waals surface area contributed by atoms with Crippen LogP contribution in [0.4, 0.5) is 0 Å². The lowest BCUT2D eigenvalue weighted by Crippen LogP contribution is -2.52. The van der Waals surface area contributed by atoms with Gasteiger partial charge in [-0.25, -0.2) is 0 Å². The van der Waals surface area contributed by atoms with Crippen LogP contribution in [0.1, 0.15) is 66.4 Å². The first-order valence-corrected chi connectivity index (χ1v) is 11.8. The number of carbonyl (C=O) groups excluding carboxylic acids is 3. The van der Waals surface area contributed by atoms with Crippen molar-refractivity contribution in [3.05, 3.63) is 34.9 Å². The molecule has 1 aromatic carbocycles. The normalized spacial score (nSPS) is 24.8. The Hall–Kier alpha value is -2.73. The number of nitrogens with one attached hydrogen (secondary N) is 2. The zero-order valence-electron chi connectivity index (χ0n) is 18.9. The van der Waals surface area contributed by atoms with Crippen molar-refractivity contribution in [3.63, 3.8) is 0 Å². The lowest BCUT2D eigenvalue weighted by atomic mass is 9.92. The van der Waals surface area contributed by atoms with Crippen LogP contribution in [0.25, 0.3) is 0 Å². The average molecular weight is 453 g/mol. The van der Waals surface area contributed by atoms with Gasteiger partial charge in [0.05, 0.1) is 13.2 Å². The molecule has 0 spiro atoms. The Morgan fingerprint density at radius 2 is 1.94 bits per heavy atom. The van der Waals surface area contributed by atoms with Crippen LogP contribution in [0.15, 0.2) is 18.2 Å². The van der Waals surface area contributed by atoms with Crippen molar-refractivity contribution in [2.75, 3.05) is 19.8 Å². The van der Waals surface area contributed by atoms with Crippen molar-refractivity contribution in [3.8, 4) is 11.8 Å². The first-order valence-electron chi connectivity index (χ1n) is 11.8. The summed E-state index contributed by atoms with van der Waals surface area (Å²) in [5.74, 6) is 5.41. The molecule has 1 saturated carbocycles. The fraction of sp³-hybridized carbons (Fsp3) is 0.560. The highest BCUT2D eigenvalue weighted by Gasteiger charge is 2.38. The van der Waals surface area contributed by atoms with Gasteiger partial charge in [-0.3, -0.25) is 19.7 Å². The SMILES string of the molecule is NC1CCC(NCCOCCC#Cc2ccc3c(c2)CN(C2CCC(=O)NC2=O)C3=O)CC1. The van der Waals surface area contributed by atoms with Gasteiger partial charge < -0.3 is 20.7 Å². The molecule has 2 aliphatic heterocycles. The molecule has 176 valence electrons. The van der Waals surface area contributed by atoms with Crippen LogP contribution in [0, 0.1) is 11.8 Å². The van der Waals surface area contributed by atoms with Gasteiger partial charge >= 0.3 is 0 Å². The van der Waals surface area contributed by atoms with Gasteiger partial charge in [0.15, 0.2) is 0 Å². The average Bonchev–Trinajstić information content (AvgIpc) is 3.12. The molecule has 0 bridgehead atoms. The summed E-state index contributed by atoms with van der Waals surface area (Å²) in [5, 5.41) is 5.85. The number of imide groups is 1. The molecule has 1 unspecified atom stereocenters. The summed E-state index contributed by atoms with van der Waals surface area (Å²) in [4.78, 5) is 37.8. The third-order valence-corrected chi connectivity index (χ3v) is 6.58. The van der Waals surface area contributed by atoms with Crippen molar-refractivity contribution in [2.24, 2.45) is 5.73 Å². The number of hydrogen-bond donors (Lipinski definition) is 3. The van der Waals surface area contributed by atoms with E-state index in [2.05, 4.69) is 22.5 Å². The minimum atomic E-state index is -0.598. The van der Waals surface area contributed by atoms with E-state index >= 15 is 0 Å². The summed E-state index contributed by atoms with van der Waals surface area (Å²) in [7, 11) is 0. The van der Waals surface area contributed by atoms with Gasteiger partial charge in [0.1, 0.15) is 6.04 Å². The predicted molar refractivity (Wildman–Crippen MR) is 123 cm³/mol. The first-order chi connectivity index (χ1) is 16.0. The van der Waals surface area contributed by atoms with Crippen LogP contribution < -0.4 is 16.4 Å². The number of rotatable bonds is 7. The van der Waals surface area contributed by atoms with Crippen molar-refractivity contribution < 1.29 is 19.1 Å². The van der Waals surface area contributed by atoms with E-state index < -0.39 is 11.9 Å². The molecule has 1 aromatic rings. The zero-order chi connectivity index (χ0) is 23.2. The van der Waals surface area contributed by atoms with E-state index in [-0.39, 0.29) is 18.2 Å². The monoisotopic (exact) mass is 452 g/mol. The van der Waals surface area contributed by atoms with Crippen LogP contribution in [-0.4, -0.2) is 60.5 Å². The Morgan fingerprint density at radius 3 is 2.73 bits per heavy atom. The fourth-order valence-electron chi connectivity index (χ4n) is 4.70. The van der Waals surface area contributed by atoms with Crippen LogP contribution in [-0.2, 0) is 20.9 Å². The van der Waals surface area contributed by atoms with Crippen LogP contribution in [0.2, 0.25) is 0 Å². The summed E-state index contributed by atoms with van der Waals surface area (Å²) in [6, 6.07) is 5.85. The molecule has 4 N–H and O–H groups in total. The van der Waals surface area contributed by atoms with E-state index in [0.29, 0.717) is 50.2 Å².